The number of anilines is 1. The Labute approximate surface area is 242 Å². The van der Waals surface area contributed by atoms with E-state index in [-0.39, 0.29) is 24.7 Å². The number of benzene rings is 2. The number of carbonyl (C=O) groups excluding carboxylic acids is 4. The molecule has 1 spiro atoms. The van der Waals surface area contributed by atoms with Crippen molar-refractivity contribution in [2.45, 2.75) is 87.1 Å². The van der Waals surface area contributed by atoms with Gasteiger partial charge in [-0.1, -0.05) is 12.1 Å². The van der Waals surface area contributed by atoms with Gasteiger partial charge in [0.2, 0.25) is 17.4 Å². The number of halogens is 1. The summed E-state index contributed by atoms with van der Waals surface area (Å²) < 4.78 is 19.6. The normalized spacial score (nSPS) is 26.7. The van der Waals surface area contributed by atoms with Crippen LogP contribution in [0.1, 0.15) is 67.2 Å². The van der Waals surface area contributed by atoms with Crippen LogP contribution in [-0.4, -0.2) is 62.4 Å². The van der Waals surface area contributed by atoms with Crippen LogP contribution < -0.4 is 11.1 Å². The standard InChI is InChI=1S/C31H33FN4O6/c32-21-4-2-20-16-35(24(30(41)12-13-30)7-3-18(20)14-21)25(37)17-36-27(39)31(42-28(36)40)11-8-19-15-22(5-6-23(19)31)34-26(38)29(33)9-1-10-29/h2,4-6,14-15,24,41H,1,3,7-13,16-17,33H2,(H,34,38)/t24-,31-/m0/s1. The Hall–Kier alpha value is -3.83. The Morgan fingerprint density at radius 3 is 2.52 bits per heavy atom. The van der Waals surface area contributed by atoms with Crippen molar-refractivity contribution in [2.24, 2.45) is 5.73 Å². The lowest BCUT2D eigenvalue weighted by Gasteiger charge is -2.36. The van der Waals surface area contributed by atoms with E-state index in [1.807, 2.05) is 0 Å². The zero-order chi connectivity index (χ0) is 29.4. The maximum absolute atomic E-state index is 13.9. The fourth-order valence-electron chi connectivity index (χ4n) is 7.00. The highest BCUT2D eigenvalue weighted by Crippen LogP contribution is 2.47. The molecule has 5 aliphatic rings. The number of amides is 4. The predicted octanol–water partition coefficient (Wildman–Crippen LogP) is 2.63. The molecule has 1 saturated heterocycles. The molecular formula is C31H33FN4O6. The second-order valence-corrected chi connectivity index (χ2v) is 12.5. The lowest BCUT2D eigenvalue weighted by atomic mass is 9.77. The first-order valence-electron chi connectivity index (χ1n) is 14.6. The molecule has 4 N–H and O–H groups in total. The molecule has 0 radical (unpaired) electrons. The highest BCUT2D eigenvalue weighted by Gasteiger charge is 2.59. The van der Waals surface area contributed by atoms with Crippen molar-refractivity contribution < 1.29 is 33.4 Å². The van der Waals surface area contributed by atoms with Gasteiger partial charge < -0.3 is 25.8 Å². The summed E-state index contributed by atoms with van der Waals surface area (Å²) in [4.78, 5) is 55.6. The Balaban J connectivity index is 1.11. The Morgan fingerprint density at radius 1 is 1.02 bits per heavy atom. The maximum atomic E-state index is 13.9. The molecule has 0 unspecified atom stereocenters. The molecule has 220 valence electrons. The Bertz CT molecular complexity index is 1540. The number of hydrogen-bond donors (Lipinski definition) is 3. The van der Waals surface area contributed by atoms with Crippen LogP contribution in [0, 0.1) is 5.82 Å². The van der Waals surface area contributed by atoms with Gasteiger partial charge in [0, 0.05) is 24.2 Å². The molecule has 2 aromatic carbocycles. The van der Waals surface area contributed by atoms with Crippen molar-refractivity contribution in [3.8, 4) is 0 Å². The van der Waals surface area contributed by atoms with E-state index in [9.17, 15) is 28.7 Å². The van der Waals surface area contributed by atoms with E-state index in [1.54, 1.807) is 24.3 Å². The van der Waals surface area contributed by atoms with Gasteiger partial charge in [-0.25, -0.2) is 14.1 Å². The van der Waals surface area contributed by atoms with Crippen LogP contribution in [0.3, 0.4) is 0 Å². The third kappa shape index (κ3) is 4.20. The third-order valence-corrected chi connectivity index (χ3v) is 9.88. The molecule has 2 aliphatic heterocycles. The van der Waals surface area contributed by atoms with Gasteiger partial charge in [-0.3, -0.25) is 14.4 Å². The van der Waals surface area contributed by atoms with Gasteiger partial charge in [-0.2, -0.15) is 0 Å². The van der Waals surface area contributed by atoms with Crippen LogP contribution in [0.5, 0.6) is 0 Å². The molecule has 7 rings (SSSR count). The van der Waals surface area contributed by atoms with E-state index in [4.69, 9.17) is 10.5 Å². The molecule has 3 aliphatic carbocycles. The number of hydrogen-bond acceptors (Lipinski definition) is 7. The SMILES string of the molecule is NC1(C(=O)Nc2ccc3c(c2)CC[C@]32OC(=O)N(CC(=O)N3Cc4ccc(F)cc4CC[C@H]3C3(O)CC3)C2=O)CCC1. The minimum Gasteiger partial charge on any atom is -0.427 e. The summed E-state index contributed by atoms with van der Waals surface area (Å²) in [5.74, 6) is -1.70. The molecule has 0 aromatic heterocycles. The smallest absolute Gasteiger partial charge is 0.418 e. The molecule has 2 aromatic rings. The maximum Gasteiger partial charge on any atom is 0.418 e. The average molecular weight is 577 g/mol. The van der Waals surface area contributed by atoms with E-state index in [1.165, 1.54) is 17.0 Å². The molecule has 11 heteroatoms. The van der Waals surface area contributed by atoms with Crippen LogP contribution in [0.15, 0.2) is 36.4 Å². The summed E-state index contributed by atoms with van der Waals surface area (Å²) >= 11 is 0. The summed E-state index contributed by atoms with van der Waals surface area (Å²) in [6, 6.07) is 9.04. The summed E-state index contributed by atoms with van der Waals surface area (Å²) in [5, 5.41) is 13.9. The van der Waals surface area contributed by atoms with E-state index in [0.29, 0.717) is 56.2 Å². The zero-order valence-corrected chi connectivity index (χ0v) is 23.2. The second-order valence-electron chi connectivity index (χ2n) is 12.5. The molecule has 42 heavy (non-hydrogen) atoms. The van der Waals surface area contributed by atoms with Crippen LogP contribution in [0.4, 0.5) is 14.9 Å². The van der Waals surface area contributed by atoms with Gasteiger partial charge in [0.25, 0.3) is 5.91 Å². The molecule has 4 amide bonds. The van der Waals surface area contributed by atoms with Gasteiger partial charge in [0.15, 0.2) is 0 Å². The number of nitrogens with one attached hydrogen (secondary N) is 1. The fourth-order valence-corrected chi connectivity index (χ4v) is 7.00. The number of carbonyl (C=O) groups is 4. The topological polar surface area (TPSA) is 142 Å². The number of fused-ring (bicyclic) bond motifs is 3. The van der Waals surface area contributed by atoms with Crippen molar-refractivity contribution in [2.75, 3.05) is 11.9 Å². The molecule has 3 fully saturated rings. The quantitative estimate of drug-likeness (QED) is 0.497. The van der Waals surface area contributed by atoms with Crippen molar-refractivity contribution in [1.29, 1.82) is 0 Å². The van der Waals surface area contributed by atoms with Crippen molar-refractivity contribution in [3.63, 3.8) is 0 Å². The first kappa shape index (κ1) is 27.0. The van der Waals surface area contributed by atoms with Crippen molar-refractivity contribution in [3.05, 3.63) is 64.5 Å². The summed E-state index contributed by atoms with van der Waals surface area (Å²) in [6.45, 7) is -0.379. The van der Waals surface area contributed by atoms with Crippen LogP contribution in [0.2, 0.25) is 0 Å². The van der Waals surface area contributed by atoms with Crippen molar-refractivity contribution >= 4 is 29.5 Å². The second kappa shape index (κ2) is 9.34. The lowest BCUT2D eigenvalue weighted by molar-refractivity contribution is -0.144. The van der Waals surface area contributed by atoms with Crippen LogP contribution in [0.25, 0.3) is 0 Å². The molecular weight excluding hydrogens is 543 g/mol. The Kier molecular flexibility index (Phi) is 6.01. The highest BCUT2D eigenvalue weighted by atomic mass is 19.1. The molecule has 2 heterocycles. The molecule has 2 saturated carbocycles. The number of aryl methyl sites for hydroxylation is 2. The fraction of sp³-hybridized carbons (Fsp3) is 0.484. The molecule has 10 nitrogen and oxygen atoms in total. The highest BCUT2D eigenvalue weighted by molar-refractivity contribution is 6.06. The monoisotopic (exact) mass is 576 g/mol. The molecule has 0 bridgehead atoms. The number of nitrogens with zero attached hydrogens (tertiary/aromatic N) is 2. The Morgan fingerprint density at radius 2 is 1.81 bits per heavy atom. The average Bonchev–Trinajstić information content (AvgIpc) is 3.58. The van der Waals surface area contributed by atoms with Gasteiger partial charge in [0.05, 0.1) is 17.2 Å². The summed E-state index contributed by atoms with van der Waals surface area (Å²) in [5.41, 5.74) is 6.13. The van der Waals surface area contributed by atoms with Crippen molar-refractivity contribution in [1.82, 2.24) is 9.80 Å². The van der Waals surface area contributed by atoms with Gasteiger partial charge in [-0.15, -0.1) is 0 Å². The van der Waals surface area contributed by atoms with E-state index < -0.39 is 47.2 Å². The largest absolute Gasteiger partial charge is 0.427 e. The van der Waals surface area contributed by atoms with Gasteiger partial charge in [0.1, 0.15) is 12.4 Å². The zero-order valence-electron chi connectivity index (χ0n) is 23.2. The minimum atomic E-state index is -1.53. The number of aliphatic hydroxyl groups is 1. The lowest BCUT2D eigenvalue weighted by Crippen LogP contribution is -2.56. The van der Waals surface area contributed by atoms with E-state index in [2.05, 4.69) is 5.32 Å². The third-order valence-electron chi connectivity index (χ3n) is 9.88. The number of rotatable bonds is 5. The number of nitrogens with two attached hydrogens (primary N) is 1. The summed E-state index contributed by atoms with van der Waals surface area (Å²) in [6.07, 6.45) is 3.99. The van der Waals surface area contributed by atoms with Gasteiger partial charge >= 0.3 is 6.09 Å². The molecule has 2 atom stereocenters. The van der Waals surface area contributed by atoms with E-state index in [0.717, 1.165) is 28.0 Å². The number of ether oxygens (including phenoxy) is 1. The number of imide groups is 1. The van der Waals surface area contributed by atoms with Crippen LogP contribution in [-0.2, 0) is 44.1 Å². The first-order valence-corrected chi connectivity index (χ1v) is 14.6. The van der Waals surface area contributed by atoms with Gasteiger partial charge in [-0.05, 0) is 92.3 Å². The first-order chi connectivity index (χ1) is 20.0. The van der Waals surface area contributed by atoms with E-state index >= 15 is 0 Å². The summed E-state index contributed by atoms with van der Waals surface area (Å²) in [7, 11) is 0. The van der Waals surface area contributed by atoms with Crippen LogP contribution >= 0.6 is 0 Å². The minimum absolute atomic E-state index is 0.144. The predicted molar refractivity (Wildman–Crippen MR) is 147 cm³/mol.